The van der Waals surface area contributed by atoms with Crippen molar-refractivity contribution in [3.8, 4) is 10.4 Å². The molecule has 1 aliphatic heterocycles. The largest absolute Gasteiger partial charge is 0.384 e. The van der Waals surface area contributed by atoms with E-state index in [1.165, 1.54) is 17.4 Å². The maximum Gasteiger partial charge on any atom is 0.243 e. The van der Waals surface area contributed by atoms with Crippen molar-refractivity contribution in [3.63, 3.8) is 0 Å². The molecule has 4 rings (SSSR count). The van der Waals surface area contributed by atoms with Crippen molar-refractivity contribution in [2.45, 2.75) is 63.3 Å². The van der Waals surface area contributed by atoms with Gasteiger partial charge in [0.2, 0.25) is 15.9 Å². The highest BCUT2D eigenvalue weighted by Gasteiger charge is 2.36. The Morgan fingerprint density at radius 3 is 2.64 bits per heavy atom. The second-order valence-electron chi connectivity index (χ2n) is 10.4. The van der Waals surface area contributed by atoms with Gasteiger partial charge in [0.15, 0.2) is 5.78 Å². The van der Waals surface area contributed by atoms with Gasteiger partial charge in [0.25, 0.3) is 0 Å². The summed E-state index contributed by atoms with van der Waals surface area (Å²) in [5.41, 5.74) is 7.51. The number of nitrogen functional groups attached to an aromatic ring is 1. The van der Waals surface area contributed by atoms with Gasteiger partial charge in [0.1, 0.15) is 10.7 Å². The molecule has 1 aromatic carbocycles. The number of hydrogen-bond acceptors (Lipinski definition) is 8. The number of halogens is 1. The molecule has 1 aliphatic rings. The summed E-state index contributed by atoms with van der Waals surface area (Å²) < 4.78 is 30.8. The number of benzene rings is 1. The molecule has 1 saturated heterocycles. The predicted molar refractivity (Wildman–Crippen MR) is 171 cm³/mol. The van der Waals surface area contributed by atoms with Gasteiger partial charge in [-0.3, -0.25) is 9.59 Å². The molecule has 3 atom stereocenters. The molecule has 0 aliphatic carbocycles. The Balaban J connectivity index is 0.00000484. The van der Waals surface area contributed by atoms with Crippen molar-refractivity contribution in [2.24, 2.45) is 11.8 Å². The van der Waals surface area contributed by atoms with Crippen LogP contribution < -0.4 is 21.1 Å². The lowest BCUT2D eigenvalue weighted by atomic mass is 9.79. The van der Waals surface area contributed by atoms with E-state index in [-0.39, 0.29) is 52.9 Å². The fraction of sp³-hybridized carbons (Fsp3) is 0.433. The number of para-hydroxylation sites is 1. The van der Waals surface area contributed by atoms with Crippen LogP contribution in [0.25, 0.3) is 10.4 Å². The maximum absolute atomic E-state index is 14.0. The molecular weight excluding hydrogens is 594 g/mol. The van der Waals surface area contributed by atoms with Crippen LogP contribution in [0.5, 0.6) is 0 Å². The van der Waals surface area contributed by atoms with Crippen LogP contribution in [-0.4, -0.2) is 44.2 Å². The monoisotopic (exact) mass is 633 g/mol. The summed E-state index contributed by atoms with van der Waals surface area (Å²) in [6, 6.07) is 11.4. The van der Waals surface area contributed by atoms with Gasteiger partial charge in [-0.05, 0) is 67.3 Å². The minimum atomic E-state index is -4.20. The minimum Gasteiger partial charge on any atom is -0.384 e. The van der Waals surface area contributed by atoms with Crippen molar-refractivity contribution < 1.29 is 18.0 Å². The normalized spacial score (nSPS) is 17.7. The molecule has 0 saturated carbocycles. The van der Waals surface area contributed by atoms with Crippen LogP contribution in [-0.2, 0) is 26.0 Å². The zero-order chi connectivity index (χ0) is 29.4. The minimum absolute atomic E-state index is 0. The number of carbonyl (C=O) groups is 2. The lowest BCUT2D eigenvalue weighted by Crippen LogP contribution is -2.50. The van der Waals surface area contributed by atoms with Gasteiger partial charge in [-0.15, -0.1) is 23.7 Å². The number of sulfonamides is 1. The molecule has 42 heavy (non-hydrogen) atoms. The SMILES string of the molecule is CCC(=O)Nc1c(-c2cccs2)cccc1S(=O)(=O)N[C@@H](CCCc1ccc(N)nc1)C(=O)C1CNCCC1CC.Cl. The first-order valence-electron chi connectivity index (χ1n) is 14.2. The number of Topliss-reactive ketones (excluding diaryl/α,β-unsaturated/α-hetero) is 1. The second kappa shape index (κ2) is 15.6. The number of nitrogens with one attached hydrogen (secondary N) is 3. The molecule has 228 valence electrons. The summed E-state index contributed by atoms with van der Waals surface area (Å²) in [5.74, 6) is -0.0541. The van der Waals surface area contributed by atoms with Crippen LogP contribution in [0, 0.1) is 11.8 Å². The number of hydrogen-bond donors (Lipinski definition) is 4. The lowest BCUT2D eigenvalue weighted by Gasteiger charge is -2.33. The Hall–Kier alpha value is -2.83. The Morgan fingerprint density at radius 1 is 1.17 bits per heavy atom. The number of thiophene rings is 1. The third kappa shape index (κ3) is 8.38. The number of amides is 1. The molecule has 1 fully saturated rings. The number of carbonyl (C=O) groups excluding carboxylic acids is 2. The predicted octanol–water partition coefficient (Wildman–Crippen LogP) is 5.04. The Kier molecular flexibility index (Phi) is 12.5. The summed E-state index contributed by atoms with van der Waals surface area (Å²) in [4.78, 5) is 31.4. The molecule has 5 N–H and O–H groups in total. The van der Waals surface area contributed by atoms with E-state index >= 15 is 0 Å². The summed E-state index contributed by atoms with van der Waals surface area (Å²) in [7, 11) is -4.20. The standard InChI is InChI=1S/C30H39N5O4S2.ClH/c1-3-21-15-16-32-19-23(21)30(37)24(10-5-8-20-13-14-27(31)33-18-20)35-41(38,39)26-12-6-9-22(25-11-7-17-40-25)29(26)34-28(36)4-2;/h6-7,9,11-14,17-18,21,23-24,32,35H,3-5,8,10,15-16,19H2,1-2H3,(H2,31,33)(H,34,36);1H/t21?,23?,24-;/m0./s1. The van der Waals surface area contributed by atoms with Gasteiger partial charge < -0.3 is 16.4 Å². The highest BCUT2D eigenvalue weighted by molar-refractivity contribution is 7.89. The Bertz CT molecular complexity index is 1430. The molecule has 3 heterocycles. The van der Waals surface area contributed by atoms with E-state index in [2.05, 4.69) is 27.3 Å². The quantitative estimate of drug-likeness (QED) is 0.207. The van der Waals surface area contributed by atoms with Gasteiger partial charge in [0, 0.05) is 35.5 Å². The zero-order valence-electron chi connectivity index (χ0n) is 24.0. The molecule has 0 bridgehead atoms. The number of anilines is 2. The summed E-state index contributed by atoms with van der Waals surface area (Å²) in [5, 5.41) is 8.02. The third-order valence-electron chi connectivity index (χ3n) is 7.65. The molecule has 0 spiro atoms. The molecule has 12 heteroatoms. The van der Waals surface area contributed by atoms with E-state index in [9.17, 15) is 18.0 Å². The van der Waals surface area contributed by atoms with E-state index in [1.807, 2.05) is 23.6 Å². The smallest absolute Gasteiger partial charge is 0.243 e. The number of rotatable bonds is 13. The van der Waals surface area contributed by atoms with Gasteiger partial charge in [-0.2, -0.15) is 0 Å². The van der Waals surface area contributed by atoms with Crippen LogP contribution >= 0.6 is 23.7 Å². The molecular formula is C30H40ClN5O4S2. The Labute approximate surface area is 258 Å². The van der Waals surface area contributed by atoms with E-state index in [0.29, 0.717) is 37.2 Å². The average molecular weight is 634 g/mol. The summed E-state index contributed by atoms with van der Waals surface area (Å²) >= 11 is 1.45. The van der Waals surface area contributed by atoms with Crippen LogP contribution in [0.2, 0.25) is 0 Å². The van der Waals surface area contributed by atoms with Gasteiger partial charge in [-0.1, -0.05) is 44.5 Å². The number of nitrogens with zero attached hydrogens (tertiary/aromatic N) is 1. The van der Waals surface area contributed by atoms with Crippen LogP contribution in [0.1, 0.15) is 51.5 Å². The number of nitrogens with two attached hydrogens (primary N) is 1. The number of aromatic nitrogens is 1. The highest BCUT2D eigenvalue weighted by atomic mass is 35.5. The molecule has 1 amide bonds. The maximum atomic E-state index is 14.0. The summed E-state index contributed by atoms with van der Waals surface area (Å²) in [6.07, 6.45) is 5.16. The van der Waals surface area contributed by atoms with Crippen LogP contribution in [0.4, 0.5) is 11.5 Å². The third-order valence-corrected chi connectivity index (χ3v) is 10.1. The van der Waals surface area contributed by atoms with E-state index < -0.39 is 16.1 Å². The molecule has 9 nitrogen and oxygen atoms in total. The van der Waals surface area contributed by atoms with Gasteiger partial charge in [0.05, 0.1) is 11.7 Å². The van der Waals surface area contributed by atoms with Gasteiger partial charge in [-0.25, -0.2) is 18.1 Å². The van der Waals surface area contributed by atoms with E-state index in [1.54, 1.807) is 31.3 Å². The van der Waals surface area contributed by atoms with Gasteiger partial charge >= 0.3 is 0 Å². The number of aryl methyl sites for hydroxylation is 1. The number of pyridine rings is 1. The molecule has 2 unspecified atom stereocenters. The first-order chi connectivity index (χ1) is 19.7. The van der Waals surface area contributed by atoms with Crippen molar-refractivity contribution in [1.29, 1.82) is 0 Å². The number of piperidine rings is 1. The second-order valence-corrected chi connectivity index (χ2v) is 13.0. The molecule has 2 aromatic heterocycles. The fourth-order valence-corrected chi connectivity index (χ4v) is 7.53. The van der Waals surface area contributed by atoms with Crippen LogP contribution in [0.3, 0.4) is 0 Å². The van der Waals surface area contributed by atoms with Crippen molar-refractivity contribution >= 4 is 57.0 Å². The van der Waals surface area contributed by atoms with Crippen molar-refractivity contribution in [2.75, 3.05) is 24.1 Å². The van der Waals surface area contributed by atoms with E-state index in [4.69, 9.17) is 5.73 Å². The van der Waals surface area contributed by atoms with E-state index in [0.717, 1.165) is 29.8 Å². The average Bonchev–Trinajstić information content (AvgIpc) is 3.52. The first kappa shape index (κ1) is 33.7. The van der Waals surface area contributed by atoms with Crippen molar-refractivity contribution in [3.05, 3.63) is 59.6 Å². The molecule has 3 aromatic rings. The van der Waals surface area contributed by atoms with Crippen molar-refractivity contribution in [1.82, 2.24) is 15.0 Å². The van der Waals surface area contributed by atoms with Crippen LogP contribution in [0.15, 0.2) is 58.9 Å². The first-order valence-corrected chi connectivity index (χ1v) is 16.5. The molecule has 0 radical (unpaired) electrons. The highest BCUT2D eigenvalue weighted by Crippen LogP contribution is 2.36. The fourth-order valence-electron chi connectivity index (χ4n) is 5.35. The lowest BCUT2D eigenvalue weighted by molar-refractivity contribution is -0.127. The Morgan fingerprint density at radius 2 is 1.98 bits per heavy atom. The summed E-state index contributed by atoms with van der Waals surface area (Å²) in [6.45, 7) is 5.16. The number of ketones is 1. The topological polar surface area (TPSA) is 143 Å². The zero-order valence-corrected chi connectivity index (χ0v) is 26.4.